The molecule has 0 unspecified atom stereocenters. The summed E-state index contributed by atoms with van der Waals surface area (Å²) in [5.41, 5.74) is 3.24. The molecule has 3 rings (SSSR count). The molecule has 136 valence electrons. The predicted molar refractivity (Wildman–Crippen MR) is 103 cm³/mol. The number of benzene rings is 2. The Morgan fingerprint density at radius 3 is 2.42 bits per heavy atom. The van der Waals surface area contributed by atoms with Crippen LogP contribution in [0.15, 0.2) is 54.6 Å². The zero-order valence-corrected chi connectivity index (χ0v) is 15.2. The summed E-state index contributed by atoms with van der Waals surface area (Å²) >= 11 is 0. The van der Waals surface area contributed by atoms with E-state index in [1.165, 1.54) is 24.5 Å². The molecule has 0 bridgehead atoms. The number of hydrogen-bond acceptors (Lipinski definition) is 4. The van der Waals surface area contributed by atoms with Gasteiger partial charge in [0.25, 0.3) is 0 Å². The maximum atomic E-state index is 12.0. The summed E-state index contributed by atoms with van der Waals surface area (Å²) in [7, 11) is 1.63. The van der Waals surface area contributed by atoms with Gasteiger partial charge in [0.05, 0.1) is 7.11 Å². The minimum absolute atomic E-state index is 0.301. The van der Waals surface area contributed by atoms with Crippen molar-refractivity contribution in [1.29, 1.82) is 0 Å². The van der Waals surface area contributed by atoms with Gasteiger partial charge in [0.2, 0.25) is 0 Å². The molecule has 0 aromatic heterocycles. The van der Waals surface area contributed by atoms with Crippen LogP contribution in [-0.2, 0) is 22.7 Å². The number of methoxy groups -OCH3 is 1. The Bertz CT molecular complexity index is 746. The number of rotatable bonds is 7. The number of carbonyl (C=O) groups is 1. The van der Waals surface area contributed by atoms with Gasteiger partial charge in [0.15, 0.2) is 0 Å². The molecule has 1 aliphatic heterocycles. The number of likely N-dealkylation sites (tertiary alicyclic amines) is 1. The van der Waals surface area contributed by atoms with Crippen LogP contribution in [0.3, 0.4) is 0 Å². The van der Waals surface area contributed by atoms with Crippen molar-refractivity contribution in [2.45, 2.75) is 26.0 Å². The van der Waals surface area contributed by atoms with Gasteiger partial charge in [-0.05, 0) is 60.8 Å². The van der Waals surface area contributed by atoms with Crippen molar-refractivity contribution in [3.63, 3.8) is 0 Å². The molecule has 0 atom stereocenters. The maximum Gasteiger partial charge on any atom is 0.331 e. The van der Waals surface area contributed by atoms with Crippen LogP contribution in [0.25, 0.3) is 6.08 Å². The van der Waals surface area contributed by atoms with Gasteiger partial charge >= 0.3 is 5.97 Å². The monoisotopic (exact) mass is 351 g/mol. The summed E-state index contributed by atoms with van der Waals surface area (Å²) < 4.78 is 10.6. The number of nitrogens with zero attached hydrogens (tertiary/aromatic N) is 1. The second-order valence-electron chi connectivity index (χ2n) is 6.47. The Balaban J connectivity index is 1.54. The van der Waals surface area contributed by atoms with Crippen LogP contribution in [0.2, 0.25) is 0 Å². The highest BCUT2D eigenvalue weighted by atomic mass is 16.5. The van der Waals surface area contributed by atoms with Crippen molar-refractivity contribution in [3.05, 3.63) is 71.3 Å². The standard InChI is InChI=1S/C22H25NO3/c1-25-21-11-8-18(9-12-21)10-13-22(24)26-17-20-7-3-2-6-19(20)16-23-14-4-5-15-23/h2-3,6-13H,4-5,14-17H2,1H3/b13-10+. The fraction of sp³-hybridized carbons (Fsp3) is 0.318. The minimum atomic E-state index is -0.336. The van der Waals surface area contributed by atoms with E-state index in [2.05, 4.69) is 11.0 Å². The molecule has 0 aliphatic carbocycles. The maximum absolute atomic E-state index is 12.0. The van der Waals surface area contributed by atoms with E-state index in [0.29, 0.717) is 6.61 Å². The zero-order valence-electron chi connectivity index (χ0n) is 15.2. The van der Waals surface area contributed by atoms with Crippen LogP contribution >= 0.6 is 0 Å². The SMILES string of the molecule is COc1ccc(/C=C/C(=O)OCc2ccccc2CN2CCCC2)cc1. The molecule has 4 heteroatoms. The summed E-state index contributed by atoms with van der Waals surface area (Å²) in [5, 5.41) is 0. The lowest BCUT2D eigenvalue weighted by atomic mass is 10.1. The fourth-order valence-electron chi connectivity index (χ4n) is 3.11. The molecule has 0 N–H and O–H groups in total. The van der Waals surface area contributed by atoms with Crippen LogP contribution in [-0.4, -0.2) is 31.1 Å². The van der Waals surface area contributed by atoms with Crippen molar-refractivity contribution in [2.24, 2.45) is 0 Å². The Labute approximate surface area is 155 Å². The lowest BCUT2D eigenvalue weighted by Crippen LogP contribution is -2.19. The molecule has 26 heavy (non-hydrogen) atoms. The molecule has 0 saturated carbocycles. The van der Waals surface area contributed by atoms with Gasteiger partial charge in [-0.3, -0.25) is 4.90 Å². The summed E-state index contributed by atoms with van der Waals surface area (Å²) in [6, 6.07) is 15.7. The Morgan fingerprint density at radius 2 is 1.73 bits per heavy atom. The molecule has 0 spiro atoms. The van der Waals surface area contributed by atoms with Crippen LogP contribution < -0.4 is 4.74 Å². The first-order chi connectivity index (χ1) is 12.7. The highest BCUT2D eigenvalue weighted by molar-refractivity contribution is 5.87. The van der Waals surface area contributed by atoms with Crippen LogP contribution in [0.5, 0.6) is 5.75 Å². The Hall–Kier alpha value is -2.59. The summed E-state index contributed by atoms with van der Waals surface area (Å²) in [4.78, 5) is 14.5. The van der Waals surface area contributed by atoms with Crippen molar-refractivity contribution in [1.82, 2.24) is 4.90 Å². The molecule has 0 amide bonds. The fourth-order valence-corrected chi connectivity index (χ4v) is 3.11. The molecule has 2 aromatic carbocycles. The predicted octanol–water partition coefficient (Wildman–Crippen LogP) is 4.05. The lowest BCUT2D eigenvalue weighted by molar-refractivity contribution is -0.138. The van der Waals surface area contributed by atoms with Crippen molar-refractivity contribution >= 4 is 12.0 Å². The molecule has 1 fully saturated rings. The van der Waals surface area contributed by atoms with Gasteiger partial charge in [-0.2, -0.15) is 0 Å². The molecule has 2 aromatic rings. The molecule has 0 radical (unpaired) electrons. The third-order valence-electron chi connectivity index (χ3n) is 4.61. The van der Waals surface area contributed by atoms with Crippen molar-refractivity contribution < 1.29 is 14.3 Å². The lowest BCUT2D eigenvalue weighted by Gasteiger charge is -2.17. The van der Waals surface area contributed by atoms with E-state index in [1.807, 2.05) is 42.5 Å². The third kappa shape index (κ3) is 5.20. The van der Waals surface area contributed by atoms with Crippen molar-refractivity contribution in [2.75, 3.05) is 20.2 Å². The van der Waals surface area contributed by atoms with E-state index in [0.717, 1.165) is 36.5 Å². The van der Waals surface area contributed by atoms with E-state index in [1.54, 1.807) is 13.2 Å². The van der Waals surface area contributed by atoms with E-state index < -0.39 is 0 Å². The smallest absolute Gasteiger partial charge is 0.331 e. The highest BCUT2D eigenvalue weighted by Crippen LogP contribution is 2.17. The molecule has 1 aliphatic rings. The molecular formula is C22H25NO3. The van der Waals surface area contributed by atoms with Gasteiger partial charge in [-0.15, -0.1) is 0 Å². The topological polar surface area (TPSA) is 38.8 Å². The number of hydrogen-bond donors (Lipinski definition) is 0. The van der Waals surface area contributed by atoms with Crippen LogP contribution in [0.1, 0.15) is 29.5 Å². The van der Waals surface area contributed by atoms with Gasteiger partial charge in [0, 0.05) is 12.6 Å². The number of ether oxygens (including phenoxy) is 2. The van der Waals surface area contributed by atoms with Gasteiger partial charge in [-0.25, -0.2) is 4.79 Å². The largest absolute Gasteiger partial charge is 0.497 e. The Morgan fingerprint density at radius 1 is 1.04 bits per heavy atom. The normalized spacial score (nSPS) is 14.7. The first-order valence-corrected chi connectivity index (χ1v) is 9.02. The van der Waals surface area contributed by atoms with E-state index >= 15 is 0 Å². The summed E-state index contributed by atoms with van der Waals surface area (Å²) in [6.45, 7) is 3.53. The number of carbonyl (C=O) groups excluding carboxylic acids is 1. The van der Waals surface area contributed by atoms with Gasteiger partial charge < -0.3 is 9.47 Å². The van der Waals surface area contributed by atoms with Gasteiger partial charge in [0.1, 0.15) is 12.4 Å². The second-order valence-corrected chi connectivity index (χ2v) is 6.47. The first-order valence-electron chi connectivity index (χ1n) is 9.02. The van der Waals surface area contributed by atoms with E-state index in [4.69, 9.17) is 9.47 Å². The zero-order chi connectivity index (χ0) is 18.2. The van der Waals surface area contributed by atoms with Crippen molar-refractivity contribution in [3.8, 4) is 5.75 Å². The van der Waals surface area contributed by atoms with E-state index in [9.17, 15) is 4.79 Å². The third-order valence-corrected chi connectivity index (χ3v) is 4.61. The van der Waals surface area contributed by atoms with Crippen LogP contribution in [0.4, 0.5) is 0 Å². The summed E-state index contributed by atoms with van der Waals surface area (Å²) in [6.07, 6.45) is 5.75. The second kappa shape index (κ2) is 9.20. The first kappa shape index (κ1) is 18.2. The Kier molecular flexibility index (Phi) is 6.45. The molecule has 1 saturated heterocycles. The molecule has 4 nitrogen and oxygen atoms in total. The van der Waals surface area contributed by atoms with Crippen LogP contribution in [0, 0.1) is 0 Å². The average Bonchev–Trinajstić information content (AvgIpc) is 3.19. The van der Waals surface area contributed by atoms with Gasteiger partial charge in [-0.1, -0.05) is 36.4 Å². The summed E-state index contributed by atoms with van der Waals surface area (Å²) in [5.74, 6) is 0.455. The molecule has 1 heterocycles. The quantitative estimate of drug-likeness (QED) is 0.557. The van der Waals surface area contributed by atoms with E-state index in [-0.39, 0.29) is 5.97 Å². The number of esters is 1. The minimum Gasteiger partial charge on any atom is -0.497 e. The molecular weight excluding hydrogens is 326 g/mol. The average molecular weight is 351 g/mol. The highest BCUT2D eigenvalue weighted by Gasteiger charge is 2.13.